The highest BCUT2D eigenvalue weighted by atomic mass is 32.2. The van der Waals surface area contributed by atoms with Crippen molar-refractivity contribution in [1.29, 1.82) is 0 Å². The average molecular weight is 570 g/mol. The highest BCUT2D eigenvalue weighted by Gasteiger charge is 2.62. The Kier molecular flexibility index (Phi) is 6.77. The van der Waals surface area contributed by atoms with Crippen LogP contribution < -0.4 is 0 Å². The number of hydrogen-bond donors (Lipinski definition) is 1. The molecule has 1 unspecified atom stereocenters. The van der Waals surface area contributed by atoms with Crippen molar-refractivity contribution in [2.75, 3.05) is 6.01 Å². The van der Waals surface area contributed by atoms with Gasteiger partial charge in [0, 0.05) is 11.3 Å². The standard InChI is InChI=1S/C30H33F2N3O4S/c1-16(27(37)39-28(38)40-15-31)21-7-8-22-20-6-4-18-10-23-17(13-34-35(23)19-5-9-25(32)33-14-19)11-29(18,2)26(20)24(36)12-30(21,22)3/h4-6,9-10,13-14,16,20-22,24,26,36H,7-8,11-12,15H2,1-3H3/t16?,20-,21+,22-,24-,26+,29-,30+/m0/s1. The molecule has 0 bridgehead atoms. The second-order valence-electron chi connectivity index (χ2n) is 12.2. The lowest BCUT2D eigenvalue weighted by atomic mass is 9.47. The van der Waals surface area contributed by atoms with Gasteiger partial charge in [0.05, 0.1) is 35.8 Å². The summed E-state index contributed by atoms with van der Waals surface area (Å²) in [6.45, 7) is 6.17. The Hall–Kier alpha value is -2.85. The van der Waals surface area contributed by atoms with Crippen molar-refractivity contribution in [3.8, 4) is 5.69 Å². The predicted molar refractivity (Wildman–Crippen MR) is 146 cm³/mol. The molecule has 1 N–H and O–H groups in total. The lowest BCUT2D eigenvalue weighted by Crippen LogP contribution is -2.56. The quantitative estimate of drug-likeness (QED) is 0.278. The summed E-state index contributed by atoms with van der Waals surface area (Å²) in [5.74, 6) is -1.37. The van der Waals surface area contributed by atoms with E-state index in [9.17, 15) is 23.5 Å². The van der Waals surface area contributed by atoms with E-state index in [0.717, 1.165) is 36.1 Å². The Balaban J connectivity index is 1.29. The predicted octanol–water partition coefficient (Wildman–Crippen LogP) is 5.91. The van der Waals surface area contributed by atoms with Crippen molar-refractivity contribution < 1.29 is 28.2 Å². The van der Waals surface area contributed by atoms with E-state index >= 15 is 0 Å². The number of alkyl halides is 1. The maximum atomic E-state index is 13.4. The monoisotopic (exact) mass is 569 g/mol. The summed E-state index contributed by atoms with van der Waals surface area (Å²) in [7, 11) is 0. The van der Waals surface area contributed by atoms with Gasteiger partial charge in [-0.3, -0.25) is 4.79 Å². The second-order valence-corrected chi connectivity index (χ2v) is 13.1. The molecule has 7 nitrogen and oxygen atoms in total. The van der Waals surface area contributed by atoms with Crippen LogP contribution in [0.5, 0.6) is 0 Å². The minimum Gasteiger partial charge on any atom is -0.393 e. The third kappa shape index (κ3) is 4.17. The van der Waals surface area contributed by atoms with Gasteiger partial charge in [-0.05, 0) is 90.0 Å². The number of aliphatic hydroxyl groups is 1. The second kappa shape index (κ2) is 9.91. The van der Waals surface area contributed by atoms with Crippen LogP contribution in [0.25, 0.3) is 11.8 Å². The normalized spacial score (nSPS) is 34.6. The number of hydrogen-bond acceptors (Lipinski definition) is 7. The van der Waals surface area contributed by atoms with Crippen LogP contribution in [-0.4, -0.2) is 43.3 Å². The van der Waals surface area contributed by atoms with Crippen LogP contribution in [0, 0.1) is 46.4 Å². The number of thioether (sulfide) groups is 1. The number of aliphatic hydroxyl groups excluding tert-OH is 1. The topological polar surface area (TPSA) is 94.3 Å². The van der Waals surface area contributed by atoms with Crippen LogP contribution in [0.2, 0.25) is 0 Å². The molecule has 2 heterocycles. The molecule has 0 spiro atoms. The zero-order valence-corrected chi connectivity index (χ0v) is 23.5. The van der Waals surface area contributed by atoms with E-state index in [1.54, 1.807) is 17.7 Å². The van der Waals surface area contributed by atoms with Gasteiger partial charge in [0.2, 0.25) is 5.95 Å². The molecule has 0 aliphatic heterocycles. The van der Waals surface area contributed by atoms with E-state index in [1.165, 1.54) is 12.3 Å². The molecule has 40 heavy (non-hydrogen) atoms. The Morgan fingerprint density at radius 1 is 1.27 bits per heavy atom. The van der Waals surface area contributed by atoms with E-state index in [0.29, 0.717) is 23.9 Å². The van der Waals surface area contributed by atoms with Gasteiger partial charge >= 0.3 is 11.3 Å². The van der Waals surface area contributed by atoms with Gasteiger partial charge in [-0.1, -0.05) is 32.9 Å². The van der Waals surface area contributed by atoms with Gasteiger partial charge in [0.25, 0.3) is 0 Å². The van der Waals surface area contributed by atoms with E-state index in [2.05, 4.69) is 42.2 Å². The summed E-state index contributed by atoms with van der Waals surface area (Å²) in [5.41, 5.74) is 3.22. The minimum atomic E-state index is -0.938. The van der Waals surface area contributed by atoms with Crippen molar-refractivity contribution in [3.05, 3.63) is 59.5 Å². The number of ether oxygens (including phenoxy) is 1. The number of pyridine rings is 1. The van der Waals surface area contributed by atoms with Crippen molar-refractivity contribution in [2.45, 2.75) is 52.6 Å². The fourth-order valence-electron chi connectivity index (χ4n) is 8.60. The summed E-state index contributed by atoms with van der Waals surface area (Å²) < 4.78 is 32.6. The Labute approximate surface area is 236 Å². The van der Waals surface area contributed by atoms with Gasteiger partial charge in [-0.25, -0.2) is 18.9 Å². The first kappa shape index (κ1) is 27.3. The zero-order valence-electron chi connectivity index (χ0n) is 22.7. The fraction of sp³-hybridized carbons (Fsp3) is 0.533. The molecule has 4 aliphatic rings. The maximum absolute atomic E-state index is 13.4. The molecule has 10 heteroatoms. The van der Waals surface area contributed by atoms with E-state index in [1.807, 2.05) is 6.20 Å². The lowest BCUT2D eigenvalue weighted by molar-refractivity contribution is -0.148. The van der Waals surface area contributed by atoms with Gasteiger partial charge in [0.1, 0.15) is 6.01 Å². The smallest absolute Gasteiger partial charge is 0.377 e. The van der Waals surface area contributed by atoms with Crippen LogP contribution in [0.1, 0.15) is 51.3 Å². The Morgan fingerprint density at radius 3 is 2.80 bits per heavy atom. The molecule has 6 rings (SSSR count). The van der Waals surface area contributed by atoms with Gasteiger partial charge < -0.3 is 9.84 Å². The van der Waals surface area contributed by atoms with Crippen molar-refractivity contribution >= 4 is 29.1 Å². The summed E-state index contributed by atoms with van der Waals surface area (Å²) in [5, 5.41) is 15.5. The highest BCUT2D eigenvalue weighted by molar-refractivity contribution is 8.13. The molecule has 0 aromatic carbocycles. The third-order valence-corrected chi connectivity index (χ3v) is 10.8. The molecule has 0 amide bonds. The molecule has 8 atom stereocenters. The summed E-state index contributed by atoms with van der Waals surface area (Å²) >= 11 is 0.336. The van der Waals surface area contributed by atoms with Gasteiger partial charge in [-0.2, -0.15) is 9.49 Å². The van der Waals surface area contributed by atoms with E-state index in [4.69, 9.17) is 4.74 Å². The molecule has 2 aromatic rings. The third-order valence-electron chi connectivity index (χ3n) is 10.3. The van der Waals surface area contributed by atoms with Crippen molar-refractivity contribution in [1.82, 2.24) is 14.8 Å². The van der Waals surface area contributed by atoms with Crippen LogP contribution in [0.15, 0.2) is 42.3 Å². The van der Waals surface area contributed by atoms with Crippen LogP contribution in [0.4, 0.5) is 13.6 Å². The number of aromatic nitrogens is 3. The van der Waals surface area contributed by atoms with Crippen LogP contribution >= 0.6 is 11.8 Å². The summed E-state index contributed by atoms with van der Waals surface area (Å²) in [4.78, 5) is 28.3. The highest BCUT2D eigenvalue weighted by Crippen LogP contribution is 2.66. The fourth-order valence-corrected chi connectivity index (χ4v) is 8.83. The molecular formula is C30H33F2N3O4S. The zero-order chi connectivity index (χ0) is 28.4. The Bertz CT molecular complexity index is 1410. The van der Waals surface area contributed by atoms with Crippen molar-refractivity contribution in [2.24, 2.45) is 40.4 Å². The van der Waals surface area contributed by atoms with E-state index < -0.39 is 35.2 Å². The van der Waals surface area contributed by atoms with Gasteiger partial charge in [0.15, 0.2) is 0 Å². The largest absolute Gasteiger partial charge is 0.393 e. The SMILES string of the molecule is CC(C(=O)OC(=O)SCF)[C@H]1CC[C@H]2[C@@H]3C=CC4=Cc5c(cnn5-c5ccc(F)nc5)C[C@]4(C)[C@H]3[C@@H](O)C[C@]12C. The number of nitrogens with zero attached hydrogens (tertiary/aromatic N) is 3. The number of allylic oxidation sites excluding steroid dienone is 3. The number of carbonyl (C=O) groups excluding carboxylic acids is 2. The van der Waals surface area contributed by atoms with Crippen LogP contribution in [-0.2, 0) is 16.0 Å². The first-order chi connectivity index (χ1) is 19.1. The van der Waals surface area contributed by atoms with Crippen LogP contribution in [0.3, 0.4) is 0 Å². The Morgan fingerprint density at radius 2 is 2.08 bits per heavy atom. The first-order valence-electron chi connectivity index (χ1n) is 13.8. The minimum absolute atomic E-state index is 0.00523. The number of halogens is 2. The van der Waals surface area contributed by atoms with Gasteiger partial charge in [-0.15, -0.1) is 0 Å². The summed E-state index contributed by atoms with van der Waals surface area (Å²) in [6.07, 6.45) is 12.3. The molecule has 4 aliphatic carbocycles. The number of esters is 1. The van der Waals surface area contributed by atoms with Crippen molar-refractivity contribution in [3.63, 3.8) is 0 Å². The molecule has 2 saturated carbocycles. The first-order valence-corrected chi connectivity index (χ1v) is 14.8. The molecule has 2 aromatic heterocycles. The summed E-state index contributed by atoms with van der Waals surface area (Å²) in [6, 6.07) is 2.04. The number of fused-ring (bicyclic) bond motifs is 6. The lowest BCUT2D eigenvalue weighted by Gasteiger charge is -2.58. The molecule has 0 saturated heterocycles. The van der Waals surface area contributed by atoms with E-state index in [-0.39, 0.29) is 34.5 Å². The maximum Gasteiger partial charge on any atom is 0.377 e. The molecule has 2 fully saturated rings. The molecule has 212 valence electrons. The number of rotatable bonds is 4. The average Bonchev–Trinajstić information content (AvgIpc) is 3.46. The molecule has 0 radical (unpaired) electrons. The number of carbonyl (C=O) groups is 2. The molecular weight excluding hydrogens is 536 g/mol.